The molecule has 1 aliphatic heterocycles. The van der Waals surface area contributed by atoms with Crippen LogP contribution in [0.15, 0.2) is 6.20 Å². The molecule has 5 nitrogen and oxygen atoms in total. The lowest BCUT2D eigenvalue weighted by Crippen LogP contribution is -2.43. The van der Waals surface area contributed by atoms with Gasteiger partial charge in [0.25, 0.3) is 0 Å². The standard InChI is InChI=1S/C10H9F3N2O3/c11-10(12,13)9(18)15-2-1-5-6(8(16)17)3-14-7(5)4-15/h3,14H,1-2,4H2,(H,16,17). The number of carbonyl (C=O) groups is 2. The average Bonchev–Trinajstić information content (AvgIpc) is 2.69. The highest BCUT2D eigenvalue weighted by molar-refractivity contribution is 5.90. The summed E-state index contributed by atoms with van der Waals surface area (Å²) in [6.07, 6.45) is -3.57. The minimum absolute atomic E-state index is 0.0455. The van der Waals surface area contributed by atoms with Gasteiger partial charge in [-0.05, 0) is 12.0 Å². The second-order valence-corrected chi connectivity index (χ2v) is 3.94. The van der Waals surface area contributed by atoms with Gasteiger partial charge < -0.3 is 15.0 Å². The number of aromatic carboxylic acids is 1. The molecule has 8 heteroatoms. The van der Waals surface area contributed by atoms with Crippen LogP contribution in [0, 0.1) is 0 Å². The quantitative estimate of drug-likeness (QED) is 0.797. The summed E-state index contributed by atoms with van der Waals surface area (Å²) in [5.74, 6) is -3.04. The molecule has 0 aromatic carbocycles. The van der Waals surface area contributed by atoms with Crippen molar-refractivity contribution < 1.29 is 27.9 Å². The van der Waals surface area contributed by atoms with E-state index in [2.05, 4.69) is 4.98 Å². The Balaban J connectivity index is 2.22. The first-order chi connectivity index (χ1) is 8.30. The van der Waals surface area contributed by atoms with Gasteiger partial charge in [0.1, 0.15) is 0 Å². The molecule has 0 bridgehead atoms. The Kier molecular flexibility index (Phi) is 2.80. The maximum absolute atomic E-state index is 12.2. The van der Waals surface area contributed by atoms with Gasteiger partial charge in [-0.1, -0.05) is 0 Å². The fourth-order valence-electron chi connectivity index (χ4n) is 1.98. The third-order valence-electron chi connectivity index (χ3n) is 2.82. The lowest BCUT2D eigenvalue weighted by Gasteiger charge is -2.27. The number of carboxylic acid groups (broad SMARTS) is 1. The van der Waals surface area contributed by atoms with E-state index in [1.807, 2.05) is 0 Å². The molecular weight excluding hydrogens is 253 g/mol. The van der Waals surface area contributed by atoms with Crippen molar-refractivity contribution in [2.45, 2.75) is 19.1 Å². The molecule has 0 saturated carbocycles. The molecule has 1 amide bonds. The van der Waals surface area contributed by atoms with Crippen LogP contribution >= 0.6 is 0 Å². The zero-order chi connectivity index (χ0) is 13.5. The number of hydrogen-bond donors (Lipinski definition) is 2. The minimum atomic E-state index is -4.90. The maximum Gasteiger partial charge on any atom is 0.471 e. The van der Waals surface area contributed by atoms with E-state index in [1.54, 1.807) is 0 Å². The van der Waals surface area contributed by atoms with E-state index >= 15 is 0 Å². The maximum atomic E-state index is 12.2. The number of halogens is 3. The number of fused-ring (bicyclic) bond motifs is 1. The highest BCUT2D eigenvalue weighted by atomic mass is 19.4. The van der Waals surface area contributed by atoms with Crippen molar-refractivity contribution in [3.05, 3.63) is 23.0 Å². The van der Waals surface area contributed by atoms with Crippen molar-refractivity contribution >= 4 is 11.9 Å². The molecule has 1 aliphatic rings. The fraction of sp³-hybridized carbons (Fsp3) is 0.400. The average molecular weight is 262 g/mol. The Morgan fingerprint density at radius 3 is 2.61 bits per heavy atom. The third-order valence-corrected chi connectivity index (χ3v) is 2.82. The van der Waals surface area contributed by atoms with Gasteiger partial charge in [0, 0.05) is 18.4 Å². The van der Waals surface area contributed by atoms with E-state index in [0.29, 0.717) is 16.2 Å². The number of hydrogen-bond acceptors (Lipinski definition) is 2. The number of nitrogens with one attached hydrogen (secondary N) is 1. The molecule has 0 fully saturated rings. The van der Waals surface area contributed by atoms with Gasteiger partial charge >= 0.3 is 18.1 Å². The van der Waals surface area contributed by atoms with E-state index < -0.39 is 18.1 Å². The molecule has 0 radical (unpaired) electrons. The summed E-state index contributed by atoms with van der Waals surface area (Å²) in [6.45, 7) is -0.384. The Labute approximate surface area is 99.2 Å². The number of alkyl halides is 3. The number of carbonyl (C=O) groups excluding carboxylic acids is 1. The normalized spacial score (nSPS) is 15.4. The van der Waals surface area contributed by atoms with Crippen molar-refractivity contribution in [2.75, 3.05) is 6.54 Å². The monoisotopic (exact) mass is 262 g/mol. The highest BCUT2D eigenvalue weighted by Crippen LogP contribution is 2.26. The van der Waals surface area contributed by atoms with Gasteiger partial charge in [0.2, 0.25) is 0 Å². The van der Waals surface area contributed by atoms with Gasteiger partial charge in [-0.15, -0.1) is 0 Å². The number of aromatic nitrogens is 1. The number of aromatic amines is 1. The van der Waals surface area contributed by atoms with Crippen LogP contribution in [0.4, 0.5) is 13.2 Å². The Morgan fingerprint density at radius 1 is 1.39 bits per heavy atom. The van der Waals surface area contributed by atoms with Gasteiger partial charge in [0.05, 0.1) is 12.1 Å². The lowest BCUT2D eigenvalue weighted by molar-refractivity contribution is -0.186. The summed E-state index contributed by atoms with van der Waals surface area (Å²) in [5, 5.41) is 8.85. The molecule has 0 saturated heterocycles. The van der Waals surface area contributed by atoms with Crippen molar-refractivity contribution in [2.24, 2.45) is 0 Å². The summed E-state index contributed by atoms with van der Waals surface area (Å²) < 4.78 is 36.7. The first-order valence-corrected chi connectivity index (χ1v) is 5.09. The second kappa shape index (κ2) is 4.04. The molecule has 2 rings (SSSR count). The van der Waals surface area contributed by atoms with Gasteiger partial charge in [-0.3, -0.25) is 4.79 Å². The number of rotatable bonds is 1. The minimum Gasteiger partial charge on any atom is -0.478 e. The lowest BCUT2D eigenvalue weighted by atomic mass is 10.0. The number of carboxylic acids is 1. The summed E-state index contributed by atoms with van der Waals surface area (Å²) in [7, 11) is 0. The van der Waals surface area contributed by atoms with Crippen LogP contribution < -0.4 is 0 Å². The number of amides is 1. The van der Waals surface area contributed by atoms with Gasteiger partial charge in [0.15, 0.2) is 0 Å². The number of H-pyrrole nitrogens is 1. The van der Waals surface area contributed by atoms with Crippen molar-refractivity contribution in [3.63, 3.8) is 0 Å². The van der Waals surface area contributed by atoms with E-state index in [-0.39, 0.29) is 25.1 Å². The second-order valence-electron chi connectivity index (χ2n) is 3.94. The Morgan fingerprint density at radius 2 is 2.06 bits per heavy atom. The summed E-state index contributed by atoms with van der Waals surface area (Å²) in [5.41, 5.74) is 0.856. The van der Waals surface area contributed by atoms with Gasteiger partial charge in [-0.2, -0.15) is 13.2 Å². The SMILES string of the molecule is O=C(O)c1c[nH]c2c1CCN(C(=O)C(F)(F)F)C2. The van der Waals surface area contributed by atoms with Crippen LogP contribution in [0.5, 0.6) is 0 Å². The Bertz CT molecular complexity index is 507. The number of nitrogens with zero attached hydrogens (tertiary/aromatic N) is 1. The van der Waals surface area contributed by atoms with E-state index in [9.17, 15) is 22.8 Å². The largest absolute Gasteiger partial charge is 0.478 e. The molecule has 2 N–H and O–H groups in total. The van der Waals surface area contributed by atoms with Crippen LogP contribution in [0.3, 0.4) is 0 Å². The molecule has 2 heterocycles. The molecule has 0 unspecified atom stereocenters. The predicted molar refractivity (Wildman–Crippen MR) is 52.9 cm³/mol. The zero-order valence-electron chi connectivity index (χ0n) is 9.04. The van der Waals surface area contributed by atoms with E-state index in [0.717, 1.165) is 0 Å². The molecule has 0 spiro atoms. The van der Waals surface area contributed by atoms with E-state index in [4.69, 9.17) is 5.11 Å². The third kappa shape index (κ3) is 2.05. The summed E-state index contributed by atoms with van der Waals surface area (Å²) in [6, 6.07) is 0. The Hall–Kier alpha value is -1.99. The molecule has 18 heavy (non-hydrogen) atoms. The fourth-order valence-corrected chi connectivity index (χ4v) is 1.98. The molecular formula is C10H9F3N2O3. The van der Waals surface area contributed by atoms with E-state index in [1.165, 1.54) is 6.20 Å². The molecule has 1 aromatic heterocycles. The van der Waals surface area contributed by atoms with Crippen LogP contribution in [0.2, 0.25) is 0 Å². The first kappa shape index (κ1) is 12.5. The summed E-state index contributed by atoms with van der Waals surface area (Å²) >= 11 is 0. The molecule has 0 aliphatic carbocycles. The molecule has 98 valence electrons. The first-order valence-electron chi connectivity index (χ1n) is 5.09. The molecule has 0 atom stereocenters. The highest BCUT2D eigenvalue weighted by Gasteiger charge is 2.43. The van der Waals surface area contributed by atoms with Crippen LogP contribution in [-0.2, 0) is 17.8 Å². The zero-order valence-corrected chi connectivity index (χ0v) is 9.04. The van der Waals surface area contributed by atoms with Gasteiger partial charge in [-0.25, -0.2) is 4.79 Å². The topological polar surface area (TPSA) is 73.4 Å². The smallest absolute Gasteiger partial charge is 0.471 e. The summed E-state index contributed by atoms with van der Waals surface area (Å²) in [4.78, 5) is 25.1. The predicted octanol–water partition coefficient (Wildman–Crippen LogP) is 1.16. The van der Waals surface area contributed by atoms with Crippen molar-refractivity contribution in [3.8, 4) is 0 Å². The van der Waals surface area contributed by atoms with Crippen LogP contribution in [0.25, 0.3) is 0 Å². The van der Waals surface area contributed by atoms with Crippen LogP contribution in [-0.4, -0.2) is 39.6 Å². The van der Waals surface area contributed by atoms with Crippen molar-refractivity contribution in [1.82, 2.24) is 9.88 Å². The van der Waals surface area contributed by atoms with Crippen molar-refractivity contribution in [1.29, 1.82) is 0 Å². The van der Waals surface area contributed by atoms with Crippen LogP contribution in [0.1, 0.15) is 21.6 Å². The molecule has 1 aromatic rings.